The summed E-state index contributed by atoms with van der Waals surface area (Å²) in [5.74, 6) is -3.08. The van der Waals surface area contributed by atoms with Crippen LogP contribution in [0.2, 0.25) is 5.02 Å². The van der Waals surface area contributed by atoms with E-state index in [0.29, 0.717) is 0 Å². The molecule has 0 aliphatic heterocycles. The van der Waals surface area contributed by atoms with E-state index in [1.165, 1.54) is 18.2 Å². The van der Waals surface area contributed by atoms with Crippen LogP contribution in [0.1, 0.15) is 5.76 Å². The van der Waals surface area contributed by atoms with Gasteiger partial charge in [-0.2, -0.15) is 13.2 Å². The van der Waals surface area contributed by atoms with E-state index in [4.69, 9.17) is 20.8 Å². The number of phenols is 1. The number of hydrogen-bond acceptors (Lipinski definition) is 4. The first kappa shape index (κ1) is 16.2. The first-order valence-corrected chi connectivity index (χ1v) is 6.94. The van der Waals surface area contributed by atoms with Crippen LogP contribution >= 0.6 is 11.6 Å². The number of rotatable bonds is 2. The molecule has 0 bridgehead atoms. The van der Waals surface area contributed by atoms with Gasteiger partial charge in [-0.25, -0.2) is 0 Å². The molecule has 3 aromatic rings. The largest absolute Gasteiger partial charge is 0.508 e. The van der Waals surface area contributed by atoms with E-state index in [0.717, 1.165) is 18.2 Å². The molecule has 0 unspecified atom stereocenters. The third-order valence-electron chi connectivity index (χ3n) is 3.14. The number of hydrogen-bond donors (Lipinski definition) is 1. The van der Waals surface area contributed by atoms with Crippen molar-refractivity contribution in [2.45, 2.75) is 6.18 Å². The average Bonchev–Trinajstić information content (AvgIpc) is 2.50. The van der Waals surface area contributed by atoms with Gasteiger partial charge in [-0.15, -0.1) is 0 Å². The Balaban J connectivity index is 2.29. The summed E-state index contributed by atoms with van der Waals surface area (Å²) in [4.78, 5) is 12.4. The molecule has 0 aliphatic rings. The van der Waals surface area contributed by atoms with Crippen LogP contribution in [0, 0.1) is 0 Å². The second kappa shape index (κ2) is 5.76. The van der Waals surface area contributed by atoms with Gasteiger partial charge in [0.1, 0.15) is 17.1 Å². The predicted molar refractivity (Wildman–Crippen MR) is 80.7 cm³/mol. The van der Waals surface area contributed by atoms with Crippen LogP contribution in [0.15, 0.2) is 51.7 Å². The van der Waals surface area contributed by atoms with Gasteiger partial charge in [-0.3, -0.25) is 4.79 Å². The lowest BCUT2D eigenvalue weighted by molar-refractivity contribution is -0.154. The fourth-order valence-corrected chi connectivity index (χ4v) is 2.26. The Morgan fingerprint density at radius 3 is 2.50 bits per heavy atom. The van der Waals surface area contributed by atoms with Crippen molar-refractivity contribution in [2.75, 3.05) is 0 Å². The van der Waals surface area contributed by atoms with Crippen molar-refractivity contribution in [2.24, 2.45) is 0 Å². The maximum Gasteiger partial charge on any atom is 0.453 e. The summed E-state index contributed by atoms with van der Waals surface area (Å²) < 4.78 is 49.6. The SMILES string of the molecule is O=c1c(Oc2ccccc2Cl)c(C(F)(F)F)oc2cc(O)ccc12. The first-order valence-electron chi connectivity index (χ1n) is 6.57. The maximum absolute atomic E-state index is 13.3. The lowest BCUT2D eigenvalue weighted by atomic mass is 10.2. The molecule has 0 fully saturated rings. The minimum Gasteiger partial charge on any atom is -0.508 e. The molecule has 0 atom stereocenters. The third kappa shape index (κ3) is 2.90. The Morgan fingerprint density at radius 1 is 1.12 bits per heavy atom. The van der Waals surface area contributed by atoms with E-state index >= 15 is 0 Å². The second-order valence-corrected chi connectivity index (χ2v) is 5.21. The molecule has 3 rings (SSSR count). The lowest BCUT2D eigenvalue weighted by Gasteiger charge is -2.13. The van der Waals surface area contributed by atoms with Gasteiger partial charge >= 0.3 is 6.18 Å². The summed E-state index contributed by atoms with van der Waals surface area (Å²) in [5.41, 5.74) is -1.43. The minimum absolute atomic E-state index is 0.0378. The molecular weight excluding hydrogens is 349 g/mol. The van der Waals surface area contributed by atoms with Crippen molar-refractivity contribution in [3.63, 3.8) is 0 Å². The summed E-state index contributed by atoms with van der Waals surface area (Å²) in [6.45, 7) is 0. The van der Waals surface area contributed by atoms with Gasteiger partial charge in [-0.1, -0.05) is 23.7 Å². The number of halogens is 4. The van der Waals surface area contributed by atoms with Gasteiger partial charge in [0.05, 0.1) is 10.4 Å². The highest BCUT2D eigenvalue weighted by Crippen LogP contribution is 2.39. The highest BCUT2D eigenvalue weighted by molar-refractivity contribution is 6.32. The number of para-hydroxylation sites is 1. The predicted octanol–water partition coefficient (Wildman–Crippen LogP) is 4.96. The molecular formula is C16H8ClF3O4. The number of phenolic OH excluding ortho intramolecular Hbond substituents is 1. The number of ether oxygens (including phenoxy) is 1. The number of alkyl halides is 3. The Labute approximate surface area is 137 Å². The highest BCUT2D eigenvalue weighted by atomic mass is 35.5. The fourth-order valence-electron chi connectivity index (χ4n) is 2.08. The maximum atomic E-state index is 13.3. The van der Waals surface area contributed by atoms with E-state index in [2.05, 4.69) is 0 Å². The Hall–Kier alpha value is -2.67. The molecule has 1 heterocycles. The molecule has 0 spiro atoms. The van der Waals surface area contributed by atoms with Gasteiger partial charge in [0.15, 0.2) is 0 Å². The van der Waals surface area contributed by atoms with Crippen molar-refractivity contribution < 1.29 is 27.4 Å². The van der Waals surface area contributed by atoms with E-state index in [9.17, 15) is 23.1 Å². The zero-order valence-corrected chi connectivity index (χ0v) is 12.5. The zero-order valence-electron chi connectivity index (χ0n) is 11.7. The third-order valence-corrected chi connectivity index (χ3v) is 3.45. The molecule has 0 aliphatic carbocycles. The minimum atomic E-state index is -4.98. The van der Waals surface area contributed by atoms with Crippen LogP contribution in [0.25, 0.3) is 11.0 Å². The Morgan fingerprint density at radius 2 is 1.83 bits per heavy atom. The van der Waals surface area contributed by atoms with Crippen molar-refractivity contribution in [1.82, 2.24) is 0 Å². The fraction of sp³-hybridized carbons (Fsp3) is 0.0625. The van der Waals surface area contributed by atoms with E-state index in [-0.39, 0.29) is 21.9 Å². The van der Waals surface area contributed by atoms with Gasteiger partial charge in [0.25, 0.3) is 5.76 Å². The number of fused-ring (bicyclic) bond motifs is 1. The molecule has 0 saturated carbocycles. The second-order valence-electron chi connectivity index (χ2n) is 4.80. The van der Waals surface area contributed by atoms with Crippen molar-refractivity contribution in [1.29, 1.82) is 0 Å². The van der Waals surface area contributed by atoms with Crippen molar-refractivity contribution in [3.8, 4) is 17.2 Å². The summed E-state index contributed by atoms with van der Waals surface area (Å²) in [6.07, 6.45) is -4.98. The van der Waals surface area contributed by atoms with Crippen molar-refractivity contribution >= 4 is 22.6 Å². The molecule has 2 aromatic carbocycles. The molecule has 1 aromatic heterocycles. The van der Waals surface area contributed by atoms with Crippen LogP contribution in [-0.4, -0.2) is 5.11 Å². The van der Waals surface area contributed by atoms with Gasteiger partial charge < -0.3 is 14.3 Å². The molecule has 124 valence electrons. The van der Waals surface area contributed by atoms with Gasteiger partial charge in [0, 0.05) is 6.07 Å². The molecule has 0 radical (unpaired) electrons. The van der Waals surface area contributed by atoms with Crippen LogP contribution < -0.4 is 10.2 Å². The lowest BCUT2D eigenvalue weighted by Crippen LogP contribution is -2.15. The Kier molecular flexibility index (Phi) is 3.88. The first-order chi connectivity index (χ1) is 11.3. The standard InChI is InChI=1S/C16H8ClF3O4/c17-10-3-1-2-4-11(10)23-14-13(22)9-6-5-8(21)7-12(9)24-15(14)16(18,19)20/h1-7,21H. The van der Waals surface area contributed by atoms with Crippen LogP contribution in [0.5, 0.6) is 17.2 Å². The average molecular weight is 357 g/mol. The summed E-state index contributed by atoms with van der Waals surface area (Å²) in [6, 6.07) is 9.02. The van der Waals surface area contributed by atoms with E-state index < -0.39 is 28.7 Å². The summed E-state index contributed by atoms with van der Waals surface area (Å²) in [7, 11) is 0. The van der Waals surface area contributed by atoms with Crippen LogP contribution in [0.3, 0.4) is 0 Å². The van der Waals surface area contributed by atoms with Crippen molar-refractivity contribution in [3.05, 3.63) is 63.5 Å². The van der Waals surface area contributed by atoms with E-state index in [1.807, 2.05) is 0 Å². The van der Waals surface area contributed by atoms with Crippen LogP contribution in [0.4, 0.5) is 13.2 Å². The van der Waals surface area contributed by atoms with Crippen LogP contribution in [-0.2, 0) is 6.18 Å². The number of benzene rings is 2. The molecule has 0 saturated heterocycles. The molecule has 8 heteroatoms. The molecule has 1 N–H and O–H groups in total. The van der Waals surface area contributed by atoms with Gasteiger partial charge in [0.2, 0.25) is 11.2 Å². The Bertz CT molecular complexity index is 979. The monoisotopic (exact) mass is 356 g/mol. The molecule has 0 amide bonds. The highest BCUT2D eigenvalue weighted by Gasteiger charge is 2.40. The quantitative estimate of drug-likeness (QED) is 0.704. The molecule has 4 nitrogen and oxygen atoms in total. The summed E-state index contributed by atoms with van der Waals surface area (Å²) >= 11 is 5.86. The molecule has 24 heavy (non-hydrogen) atoms. The smallest absolute Gasteiger partial charge is 0.453 e. The zero-order chi connectivity index (χ0) is 17.5. The summed E-state index contributed by atoms with van der Waals surface area (Å²) in [5, 5.41) is 9.24. The topological polar surface area (TPSA) is 59.7 Å². The van der Waals surface area contributed by atoms with Gasteiger partial charge in [-0.05, 0) is 24.3 Å². The number of aromatic hydroxyl groups is 1. The van der Waals surface area contributed by atoms with E-state index in [1.54, 1.807) is 6.07 Å². The normalized spacial score (nSPS) is 11.7.